The first-order chi connectivity index (χ1) is 13.5. The monoisotopic (exact) mass is 420 g/mol. The maximum atomic E-state index is 13.6. The van der Waals surface area contributed by atoms with Crippen LogP contribution < -0.4 is 10.1 Å². The van der Waals surface area contributed by atoms with Crippen molar-refractivity contribution in [2.75, 3.05) is 0 Å². The van der Waals surface area contributed by atoms with E-state index in [1.54, 1.807) is 24.3 Å². The Labute approximate surface area is 174 Å². The van der Waals surface area contributed by atoms with E-state index in [0.29, 0.717) is 12.2 Å². The number of hydrogen-bond acceptors (Lipinski definition) is 4. The Morgan fingerprint density at radius 3 is 2.31 bits per heavy atom. The van der Waals surface area contributed by atoms with Crippen molar-refractivity contribution < 1.29 is 17.9 Å². The van der Waals surface area contributed by atoms with Crippen molar-refractivity contribution in [2.45, 2.75) is 87.9 Å². The predicted molar refractivity (Wildman–Crippen MR) is 113 cm³/mol. The molecule has 1 atom stereocenters. The Balaban J connectivity index is 1.86. The normalized spacial score (nSPS) is 24.3. The summed E-state index contributed by atoms with van der Waals surface area (Å²) in [4.78, 5) is 12.1. The molecule has 1 saturated carbocycles. The second-order valence-electron chi connectivity index (χ2n) is 9.20. The number of amides is 1. The Bertz CT molecular complexity index is 869. The number of carbonyl (C=O) groups excluding carboxylic acids is 1. The van der Waals surface area contributed by atoms with Gasteiger partial charge in [-0.05, 0) is 90.1 Å². The highest BCUT2D eigenvalue weighted by atomic mass is 32.2. The van der Waals surface area contributed by atoms with Crippen LogP contribution in [0.4, 0.5) is 0 Å². The quantitative estimate of drug-likeness (QED) is 0.713. The van der Waals surface area contributed by atoms with Crippen LogP contribution in [0.1, 0.15) is 59.8 Å². The Morgan fingerprint density at radius 1 is 1.17 bits per heavy atom. The summed E-state index contributed by atoms with van der Waals surface area (Å²) in [5.74, 6) is 0.401. The van der Waals surface area contributed by atoms with E-state index in [2.05, 4.69) is 11.9 Å². The number of ether oxygens (including phenoxy) is 1. The van der Waals surface area contributed by atoms with Crippen molar-refractivity contribution in [3.05, 3.63) is 36.9 Å². The molecular weight excluding hydrogens is 388 g/mol. The van der Waals surface area contributed by atoms with E-state index in [9.17, 15) is 13.2 Å². The van der Waals surface area contributed by atoms with Crippen LogP contribution in [0, 0.1) is 0 Å². The first-order valence-corrected chi connectivity index (χ1v) is 11.7. The molecule has 0 aromatic heterocycles. The fraction of sp³-hybridized carbons (Fsp3) is 0.591. The topological polar surface area (TPSA) is 75.7 Å². The van der Waals surface area contributed by atoms with Crippen molar-refractivity contribution in [1.29, 1.82) is 0 Å². The second kappa shape index (κ2) is 7.76. The molecule has 2 fully saturated rings. The van der Waals surface area contributed by atoms with E-state index in [1.165, 1.54) is 23.2 Å². The van der Waals surface area contributed by atoms with E-state index in [-0.39, 0.29) is 22.9 Å². The van der Waals surface area contributed by atoms with Crippen LogP contribution >= 0.6 is 0 Å². The maximum absolute atomic E-state index is 13.6. The number of nitrogens with zero attached hydrogens (tertiary/aromatic N) is 1. The molecule has 1 aliphatic heterocycles. The minimum Gasteiger partial charge on any atom is -0.490 e. The highest BCUT2D eigenvalue weighted by Crippen LogP contribution is 2.45. The lowest BCUT2D eigenvalue weighted by Gasteiger charge is -2.40. The van der Waals surface area contributed by atoms with Gasteiger partial charge in [-0.3, -0.25) is 4.79 Å². The molecule has 1 aromatic carbocycles. The Kier molecular flexibility index (Phi) is 5.84. The van der Waals surface area contributed by atoms with Gasteiger partial charge in [0, 0.05) is 11.6 Å². The zero-order chi connectivity index (χ0) is 21.4. The smallest absolute Gasteiger partial charge is 0.244 e. The van der Waals surface area contributed by atoms with Crippen molar-refractivity contribution in [3.63, 3.8) is 0 Å². The van der Waals surface area contributed by atoms with Crippen LogP contribution in [-0.4, -0.2) is 41.9 Å². The van der Waals surface area contributed by atoms with E-state index in [4.69, 9.17) is 4.74 Å². The van der Waals surface area contributed by atoms with Crippen molar-refractivity contribution >= 4 is 15.9 Å². The number of benzene rings is 1. The zero-order valence-corrected chi connectivity index (χ0v) is 18.6. The average molecular weight is 421 g/mol. The van der Waals surface area contributed by atoms with Crippen LogP contribution in [0.2, 0.25) is 0 Å². The fourth-order valence-corrected chi connectivity index (χ4v) is 7.00. The van der Waals surface area contributed by atoms with Gasteiger partial charge in [0.1, 0.15) is 5.75 Å². The molecule has 7 heteroatoms. The molecule has 1 aliphatic carbocycles. The molecule has 2 aliphatic rings. The molecular formula is C22H32N2O4S. The minimum atomic E-state index is -3.77. The maximum Gasteiger partial charge on any atom is 0.244 e. The van der Waals surface area contributed by atoms with Crippen molar-refractivity contribution in [3.8, 4) is 5.75 Å². The van der Waals surface area contributed by atoms with Gasteiger partial charge < -0.3 is 10.1 Å². The summed E-state index contributed by atoms with van der Waals surface area (Å²) in [5.41, 5.74) is -1.44. The van der Waals surface area contributed by atoms with Crippen LogP contribution in [0.25, 0.3) is 0 Å². The third-order valence-corrected chi connectivity index (χ3v) is 8.41. The number of carbonyl (C=O) groups is 1. The summed E-state index contributed by atoms with van der Waals surface area (Å²) in [6, 6.07) is 6.38. The zero-order valence-electron chi connectivity index (χ0n) is 17.8. The highest BCUT2D eigenvalue weighted by Gasteiger charge is 2.57. The number of sulfonamides is 1. The van der Waals surface area contributed by atoms with Gasteiger partial charge in [-0.2, -0.15) is 4.31 Å². The predicted octanol–water partition coefficient (Wildman–Crippen LogP) is 3.63. The van der Waals surface area contributed by atoms with Gasteiger partial charge in [0.05, 0.1) is 16.5 Å². The molecule has 160 valence electrons. The molecule has 0 spiro atoms. The molecule has 0 radical (unpaired) electrons. The van der Waals surface area contributed by atoms with E-state index >= 15 is 0 Å². The number of nitrogens with one attached hydrogen (secondary N) is 1. The van der Waals surface area contributed by atoms with Crippen LogP contribution in [0.15, 0.2) is 41.8 Å². The summed E-state index contributed by atoms with van der Waals surface area (Å²) in [6.45, 7) is 11.0. The van der Waals surface area contributed by atoms with Gasteiger partial charge in [-0.1, -0.05) is 6.58 Å². The first kappa shape index (κ1) is 21.8. The number of hydrogen-bond donors (Lipinski definition) is 1. The fourth-order valence-electron chi connectivity index (χ4n) is 4.84. The molecule has 29 heavy (non-hydrogen) atoms. The van der Waals surface area contributed by atoms with Gasteiger partial charge in [0.2, 0.25) is 15.9 Å². The molecule has 6 nitrogen and oxygen atoms in total. The van der Waals surface area contributed by atoms with Crippen LogP contribution in [0.5, 0.6) is 5.75 Å². The van der Waals surface area contributed by atoms with Crippen LogP contribution in [-0.2, 0) is 14.8 Å². The van der Waals surface area contributed by atoms with E-state index < -0.39 is 21.1 Å². The first-order valence-electron chi connectivity index (χ1n) is 10.2. The Hall–Kier alpha value is -1.86. The minimum absolute atomic E-state index is 0.225. The van der Waals surface area contributed by atoms with Gasteiger partial charge in [0.15, 0.2) is 0 Å². The standard InChI is InChI=1S/C22H32N2O4S/c1-6-20(25)23-19-15-21(2,3)24(22(19,4)5)29(26,27)18-13-11-17(12-14-18)28-16-9-7-8-10-16/h6,11-14,16,19H,1,7-10,15H2,2-5H3,(H,23,25). The van der Waals surface area contributed by atoms with Gasteiger partial charge >= 0.3 is 0 Å². The average Bonchev–Trinajstić information content (AvgIpc) is 3.19. The molecule has 1 unspecified atom stereocenters. The lowest BCUT2D eigenvalue weighted by Crippen LogP contribution is -2.56. The summed E-state index contributed by atoms with van der Waals surface area (Å²) >= 11 is 0. The Morgan fingerprint density at radius 2 is 1.76 bits per heavy atom. The number of rotatable bonds is 6. The summed E-state index contributed by atoms with van der Waals surface area (Å²) in [5, 5.41) is 2.89. The van der Waals surface area contributed by atoms with E-state index in [0.717, 1.165) is 12.8 Å². The summed E-state index contributed by atoms with van der Waals surface area (Å²) in [7, 11) is -3.77. The molecule has 0 bridgehead atoms. The SMILES string of the molecule is C=CC(=O)NC1CC(C)(C)N(S(=O)(=O)c2ccc(OC3CCCC3)cc2)C1(C)C. The van der Waals surface area contributed by atoms with Crippen molar-refractivity contribution in [1.82, 2.24) is 9.62 Å². The largest absolute Gasteiger partial charge is 0.490 e. The van der Waals surface area contributed by atoms with Crippen molar-refractivity contribution in [2.24, 2.45) is 0 Å². The molecule has 1 heterocycles. The lowest BCUT2D eigenvalue weighted by atomic mass is 9.94. The molecule has 1 N–H and O–H groups in total. The highest BCUT2D eigenvalue weighted by molar-refractivity contribution is 7.89. The molecule has 1 aromatic rings. The van der Waals surface area contributed by atoms with E-state index in [1.807, 2.05) is 27.7 Å². The van der Waals surface area contributed by atoms with Gasteiger partial charge in [0.25, 0.3) is 0 Å². The van der Waals surface area contributed by atoms with Crippen LogP contribution in [0.3, 0.4) is 0 Å². The molecule has 1 amide bonds. The third kappa shape index (κ3) is 4.21. The lowest BCUT2D eigenvalue weighted by molar-refractivity contribution is -0.117. The summed E-state index contributed by atoms with van der Waals surface area (Å²) < 4.78 is 34.6. The third-order valence-electron chi connectivity index (χ3n) is 6.10. The molecule has 1 saturated heterocycles. The van der Waals surface area contributed by atoms with Gasteiger partial charge in [-0.25, -0.2) is 8.42 Å². The van der Waals surface area contributed by atoms with Gasteiger partial charge in [-0.15, -0.1) is 0 Å². The second-order valence-corrected chi connectivity index (χ2v) is 11.0. The molecule has 3 rings (SSSR count). The summed E-state index contributed by atoms with van der Waals surface area (Å²) in [6.07, 6.45) is 6.41.